The van der Waals surface area contributed by atoms with E-state index in [1.807, 2.05) is 20.1 Å². The molecule has 1 aromatic rings. The molecule has 0 unspecified atom stereocenters. The zero-order valence-electron chi connectivity index (χ0n) is 10.7. The molecule has 0 aliphatic carbocycles. The van der Waals surface area contributed by atoms with Gasteiger partial charge >= 0.3 is 5.97 Å². The number of aryl methyl sites for hydroxylation is 2. The zero-order valence-corrected chi connectivity index (χ0v) is 11.6. The molecule has 0 atom stereocenters. The number of hydrogen-bond acceptors (Lipinski definition) is 5. The summed E-state index contributed by atoms with van der Waals surface area (Å²) in [7, 11) is 0. The third-order valence-corrected chi connectivity index (χ3v) is 2.98. The minimum absolute atomic E-state index is 0.319. The summed E-state index contributed by atoms with van der Waals surface area (Å²) in [5.74, 6) is 0.359. The highest BCUT2D eigenvalue weighted by atomic mass is 32.2. The lowest BCUT2D eigenvalue weighted by Crippen LogP contribution is -2.12. The summed E-state index contributed by atoms with van der Waals surface area (Å²) in [4.78, 5) is 20.4. The van der Waals surface area contributed by atoms with Crippen LogP contribution in [0.15, 0.2) is 5.03 Å². The van der Waals surface area contributed by atoms with Crippen LogP contribution in [0.5, 0.6) is 0 Å². The minimum atomic E-state index is -0.319. The quantitative estimate of drug-likeness (QED) is 0.350. The smallest absolute Gasteiger partial charge is 0.342 e. The Morgan fingerprint density at radius 3 is 2.65 bits per heavy atom. The second kappa shape index (κ2) is 6.59. The first-order valence-electron chi connectivity index (χ1n) is 5.66. The van der Waals surface area contributed by atoms with E-state index < -0.39 is 0 Å². The fourth-order valence-electron chi connectivity index (χ4n) is 1.45. The van der Waals surface area contributed by atoms with Crippen molar-refractivity contribution in [2.24, 2.45) is 0 Å². The molecule has 4 nitrogen and oxygen atoms in total. The van der Waals surface area contributed by atoms with E-state index in [1.165, 1.54) is 11.8 Å². The van der Waals surface area contributed by atoms with Gasteiger partial charge in [-0.25, -0.2) is 14.8 Å². The predicted molar refractivity (Wildman–Crippen MR) is 68.5 cm³/mol. The number of thioether (sulfide) groups is 1. The van der Waals surface area contributed by atoms with Crippen LogP contribution in [-0.4, -0.2) is 28.8 Å². The summed E-state index contributed by atoms with van der Waals surface area (Å²) in [6.07, 6.45) is 3.78. The molecule has 5 heteroatoms. The monoisotopic (exact) mass is 254 g/mol. The lowest BCUT2D eigenvalue weighted by molar-refractivity contribution is 0.0493. The number of hydrogen-bond donors (Lipinski definition) is 0. The molecule has 1 heterocycles. The molecule has 0 spiro atoms. The van der Waals surface area contributed by atoms with E-state index >= 15 is 0 Å². The maximum atomic E-state index is 11.9. The summed E-state index contributed by atoms with van der Waals surface area (Å²) < 4.78 is 5.20. The first-order chi connectivity index (χ1) is 8.10. The van der Waals surface area contributed by atoms with Crippen molar-refractivity contribution in [1.82, 2.24) is 9.97 Å². The van der Waals surface area contributed by atoms with E-state index in [1.54, 1.807) is 0 Å². The molecule has 0 radical (unpaired) electrons. The average Bonchev–Trinajstić information content (AvgIpc) is 2.27. The van der Waals surface area contributed by atoms with Gasteiger partial charge < -0.3 is 4.74 Å². The summed E-state index contributed by atoms with van der Waals surface area (Å²) in [5, 5.41) is 0.691. The van der Waals surface area contributed by atoms with Crippen molar-refractivity contribution in [2.75, 3.05) is 12.9 Å². The molecule has 0 amide bonds. The van der Waals surface area contributed by atoms with Gasteiger partial charge in [0.2, 0.25) is 0 Å². The van der Waals surface area contributed by atoms with Crippen molar-refractivity contribution in [3.05, 3.63) is 17.1 Å². The molecule has 0 saturated heterocycles. The standard InChI is InChI=1S/C12H18N2O2S/c1-5-6-7-16-12(15)10-8(2)13-9(3)14-11(10)17-4/h5-7H2,1-4H3. The Labute approximate surface area is 106 Å². The molecular formula is C12H18N2O2S. The maximum Gasteiger partial charge on any atom is 0.342 e. The Morgan fingerprint density at radius 1 is 1.35 bits per heavy atom. The van der Waals surface area contributed by atoms with Crippen molar-refractivity contribution >= 4 is 17.7 Å². The predicted octanol–water partition coefficient (Wildman–Crippen LogP) is 2.77. The number of ether oxygens (including phenoxy) is 1. The molecule has 0 N–H and O–H groups in total. The number of carbonyl (C=O) groups is 1. The first kappa shape index (κ1) is 14.0. The highest BCUT2D eigenvalue weighted by molar-refractivity contribution is 7.98. The van der Waals surface area contributed by atoms with Gasteiger partial charge in [0.15, 0.2) is 0 Å². The minimum Gasteiger partial charge on any atom is -0.462 e. The van der Waals surface area contributed by atoms with Crippen molar-refractivity contribution in [2.45, 2.75) is 38.6 Å². The third kappa shape index (κ3) is 3.70. The third-order valence-electron chi connectivity index (χ3n) is 2.30. The van der Waals surface area contributed by atoms with Crippen molar-refractivity contribution < 1.29 is 9.53 Å². The van der Waals surface area contributed by atoms with Gasteiger partial charge in [-0.3, -0.25) is 0 Å². The van der Waals surface area contributed by atoms with E-state index in [-0.39, 0.29) is 5.97 Å². The molecule has 0 aliphatic rings. The lowest BCUT2D eigenvalue weighted by Gasteiger charge is -2.10. The number of unbranched alkanes of at least 4 members (excludes halogenated alkanes) is 1. The fraction of sp³-hybridized carbons (Fsp3) is 0.583. The van der Waals surface area contributed by atoms with Crippen molar-refractivity contribution in [3.8, 4) is 0 Å². The van der Waals surface area contributed by atoms with Crippen molar-refractivity contribution in [1.29, 1.82) is 0 Å². The molecule has 0 saturated carbocycles. The van der Waals surface area contributed by atoms with Crippen LogP contribution in [0.25, 0.3) is 0 Å². The number of aromatic nitrogens is 2. The second-order valence-electron chi connectivity index (χ2n) is 3.73. The van der Waals surface area contributed by atoms with Crippen LogP contribution in [0.2, 0.25) is 0 Å². The topological polar surface area (TPSA) is 52.1 Å². The largest absolute Gasteiger partial charge is 0.462 e. The Kier molecular flexibility index (Phi) is 5.41. The number of nitrogens with zero attached hydrogens (tertiary/aromatic N) is 2. The van der Waals surface area contributed by atoms with Crippen LogP contribution in [0, 0.1) is 13.8 Å². The highest BCUT2D eigenvalue weighted by Gasteiger charge is 2.18. The van der Waals surface area contributed by atoms with Gasteiger partial charge in [0.25, 0.3) is 0 Å². The van der Waals surface area contributed by atoms with E-state index in [9.17, 15) is 4.79 Å². The molecule has 0 fully saturated rings. The van der Waals surface area contributed by atoms with Crippen molar-refractivity contribution in [3.63, 3.8) is 0 Å². The van der Waals surface area contributed by atoms with Gasteiger partial charge in [0.05, 0.1) is 12.3 Å². The van der Waals surface area contributed by atoms with Gasteiger partial charge in [-0.05, 0) is 26.5 Å². The van der Waals surface area contributed by atoms with E-state index in [0.29, 0.717) is 28.7 Å². The first-order valence-corrected chi connectivity index (χ1v) is 6.89. The Hall–Kier alpha value is -1.10. The molecule has 0 aliphatic heterocycles. The van der Waals surface area contributed by atoms with E-state index in [4.69, 9.17) is 4.74 Å². The zero-order chi connectivity index (χ0) is 12.8. The summed E-state index contributed by atoms with van der Waals surface area (Å²) in [6.45, 7) is 6.14. The summed E-state index contributed by atoms with van der Waals surface area (Å²) in [5.41, 5.74) is 1.18. The van der Waals surface area contributed by atoms with E-state index in [0.717, 1.165) is 12.8 Å². The van der Waals surface area contributed by atoms with Gasteiger partial charge in [0.1, 0.15) is 16.4 Å². The Bertz CT molecular complexity index is 408. The Morgan fingerprint density at radius 2 is 2.06 bits per heavy atom. The number of esters is 1. The normalized spacial score (nSPS) is 10.4. The molecular weight excluding hydrogens is 236 g/mol. The van der Waals surface area contributed by atoms with Crippen LogP contribution in [-0.2, 0) is 4.74 Å². The van der Waals surface area contributed by atoms with Gasteiger partial charge in [-0.2, -0.15) is 0 Å². The lowest BCUT2D eigenvalue weighted by atomic mass is 10.2. The summed E-state index contributed by atoms with van der Waals surface area (Å²) in [6, 6.07) is 0. The second-order valence-corrected chi connectivity index (χ2v) is 4.52. The SMILES string of the molecule is CCCCOC(=O)c1c(C)nc(C)nc1SC. The molecule has 0 bridgehead atoms. The number of rotatable bonds is 5. The molecule has 94 valence electrons. The van der Waals surface area contributed by atoms with Crippen LogP contribution >= 0.6 is 11.8 Å². The summed E-state index contributed by atoms with van der Waals surface area (Å²) >= 11 is 1.44. The average molecular weight is 254 g/mol. The van der Waals surface area contributed by atoms with Crippen LogP contribution in [0.3, 0.4) is 0 Å². The van der Waals surface area contributed by atoms with Crippen LogP contribution in [0.4, 0.5) is 0 Å². The molecule has 1 aromatic heterocycles. The highest BCUT2D eigenvalue weighted by Crippen LogP contribution is 2.21. The molecule has 17 heavy (non-hydrogen) atoms. The Balaban J connectivity index is 2.92. The van der Waals surface area contributed by atoms with Gasteiger partial charge in [0, 0.05) is 0 Å². The van der Waals surface area contributed by atoms with Gasteiger partial charge in [-0.1, -0.05) is 13.3 Å². The van der Waals surface area contributed by atoms with Crippen LogP contribution < -0.4 is 0 Å². The van der Waals surface area contributed by atoms with Crippen LogP contribution in [0.1, 0.15) is 41.6 Å². The molecule has 0 aromatic carbocycles. The maximum absolute atomic E-state index is 11.9. The van der Waals surface area contributed by atoms with E-state index in [2.05, 4.69) is 16.9 Å². The van der Waals surface area contributed by atoms with Gasteiger partial charge in [-0.15, -0.1) is 11.8 Å². The number of carbonyl (C=O) groups excluding carboxylic acids is 1. The fourth-order valence-corrected chi connectivity index (χ4v) is 2.10. The molecule has 1 rings (SSSR count).